The lowest BCUT2D eigenvalue weighted by atomic mass is 9.87. The molecular weight excluding hydrogens is 212 g/mol. The lowest BCUT2D eigenvalue weighted by Gasteiger charge is -2.27. The van der Waals surface area contributed by atoms with E-state index in [0.717, 1.165) is 22.9 Å². The van der Waals surface area contributed by atoms with Crippen LogP contribution < -0.4 is 5.73 Å². The lowest BCUT2D eigenvalue weighted by Crippen LogP contribution is -2.34. The highest BCUT2D eigenvalue weighted by Crippen LogP contribution is 2.30. The van der Waals surface area contributed by atoms with Crippen LogP contribution in [0.15, 0.2) is 36.5 Å². The van der Waals surface area contributed by atoms with Crippen LogP contribution in [0, 0.1) is 0 Å². The van der Waals surface area contributed by atoms with Crippen LogP contribution >= 0.6 is 0 Å². The molecule has 1 atom stereocenters. The predicted octanol–water partition coefficient (Wildman–Crippen LogP) is 2.18. The van der Waals surface area contributed by atoms with Gasteiger partial charge in [-0.1, -0.05) is 31.5 Å². The molecule has 0 aliphatic heterocycles. The monoisotopic (exact) mass is 230 g/mol. The molecule has 0 aliphatic rings. The summed E-state index contributed by atoms with van der Waals surface area (Å²) >= 11 is 0. The molecular formula is C14H18N2O. The van der Waals surface area contributed by atoms with Gasteiger partial charge in [-0.15, -0.1) is 0 Å². The molecule has 3 nitrogen and oxygen atoms in total. The van der Waals surface area contributed by atoms with Crippen molar-refractivity contribution in [3.63, 3.8) is 0 Å². The highest BCUT2D eigenvalue weighted by molar-refractivity contribution is 5.82. The van der Waals surface area contributed by atoms with E-state index in [1.807, 2.05) is 37.3 Å². The summed E-state index contributed by atoms with van der Waals surface area (Å²) in [6, 6.07) is 9.66. The van der Waals surface area contributed by atoms with Crippen molar-refractivity contribution >= 4 is 10.9 Å². The molecule has 2 aromatic rings. The van der Waals surface area contributed by atoms with Crippen molar-refractivity contribution in [1.82, 2.24) is 4.98 Å². The molecule has 1 heterocycles. The fraction of sp³-hybridized carbons (Fsp3) is 0.357. The van der Waals surface area contributed by atoms with Crippen LogP contribution in [-0.4, -0.2) is 16.6 Å². The van der Waals surface area contributed by atoms with Crippen molar-refractivity contribution in [2.24, 2.45) is 5.73 Å². The highest BCUT2D eigenvalue weighted by atomic mass is 16.3. The third-order valence-electron chi connectivity index (χ3n) is 3.15. The van der Waals surface area contributed by atoms with Gasteiger partial charge in [0.25, 0.3) is 0 Å². The first-order valence-corrected chi connectivity index (χ1v) is 5.98. The number of rotatable bonds is 4. The maximum atomic E-state index is 10.6. The Labute approximate surface area is 101 Å². The molecule has 1 aromatic heterocycles. The lowest BCUT2D eigenvalue weighted by molar-refractivity contribution is 0.0374. The highest BCUT2D eigenvalue weighted by Gasteiger charge is 2.28. The average Bonchev–Trinajstić information content (AvgIpc) is 2.38. The molecule has 2 rings (SSSR count). The van der Waals surface area contributed by atoms with Gasteiger partial charge in [-0.05, 0) is 24.1 Å². The molecule has 0 fully saturated rings. The molecule has 3 heteroatoms. The second-order valence-corrected chi connectivity index (χ2v) is 4.36. The first kappa shape index (κ1) is 12.0. The summed E-state index contributed by atoms with van der Waals surface area (Å²) in [5.74, 6) is 0. The molecule has 0 saturated heterocycles. The van der Waals surface area contributed by atoms with Crippen LogP contribution in [-0.2, 0) is 5.60 Å². The third kappa shape index (κ3) is 2.16. The van der Waals surface area contributed by atoms with E-state index in [1.165, 1.54) is 0 Å². The molecule has 1 aromatic carbocycles. The normalized spacial score (nSPS) is 14.8. The van der Waals surface area contributed by atoms with Crippen LogP contribution in [0.1, 0.15) is 25.3 Å². The number of pyridine rings is 1. The minimum absolute atomic E-state index is 0.231. The molecule has 0 saturated carbocycles. The van der Waals surface area contributed by atoms with Gasteiger partial charge in [-0.25, -0.2) is 0 Å². The Hall–Kier alpha value is -1.45. The first-order chi connectivity index (χ1) is 8.21. The van der Waals surface area contributed by atoms with Crippen molar-refractivity contribution < 1.29 is 5.11 Å². The molecule has 17 heavy (non-hydrogen) atoms. The SMILES string of the molecule is CCCC(O)(CN)c1cccc2ncccc12. The fourth-order valence-corrected chi connectivity index (χ4v) is 2.27. The van der Waals surface area contributed by atoms with Gasteiger partial charge in [0.05, 0.1) is 5.52 Å². The Balaban J connectivity index is 2.61. The smallest absolute Gasteiger partial charge is 0.102 e. The van der Waals surface area contributed by atoms with Crippen molar-refractivity contribution in [1.29, 1.82) is 0 Å². The number of hydrogen-bond donors (Lipinski definition) is 2. The summed E-state index contributed by atoms with van der Waals surface area (Å²) in [5, 5.41) is 11.6. The molecule has 0 bridgehead atoms. The maximum Gasteiger partial charge on any atom is 0.102 e. The summed E-state index contributed by atoms with van der Waals surface area (Å²) in [7, 11) is 0. The van der Waals surface area contributed by atoms with E-state index >= 15 is 0 Å². The minimum Gasteiger partial charge on any atom is -0.384 e. The number of aromatic nitrogens is 1. The van der Waals surface area contributed by atoms with Crippen LogP contribution in [0.3, 0.4) is 0 Å². The van der Waals surface area contributed by atoms with E-state index in [1.54, 1.807) is 6.20 Å². The van der Waals surface area contributed by atoms with Crippen molar-refractivity contribution in [3.05, 3.63) is 42.1 Å². The second kappa shape index (κ2) is 4.82. The Kier molecular flexibility index (Phi) is 3.41. The minimum atomic E-state index is -0.947. The Bertz CT molecular complexity index is 507. The van der Waals surface area contributed by atoms with E-state index < -0.39 is 5.60 Å². The van der Waals surface area contributed by atoms with Crippen molar-refractivity contribution in [2.75, 3.05) is 6.54 Å². The van der Waals surface area contributed by atoms with E-state index in [4.69, 9.17) is 5.73 Å². The first-order valence-electron chi connectivity index (χ1n) is 5.98. The van der Waals surface area contributed by atoms with Crippen molar-refractivity contribution in [2.45, 2.75) is 25.4 Å². The van der Waals surface area contributed by atoms with E-state index in [9.17, 15) is 5.11 Å². The number of nitrogens with zero attached hydrogens (tertiary/aromatic N) is 1. The van der Waals surface area contributed by atoms with Gasteiger partial charge in [-0.3, -0.25) is 4.98 Å². The van der Waals surface area contributed by atoms with E-state index in [-0.39, 0.29) is 6.54 Å². The molecule has 0 radical (unpaired) electrons. The van der Waals surface area contributed by atoms with E-state index in [2.05, 4.69) is 4.98 Å². The van der Waals surface area contributed by atoms with Gasteiger partial charge in [0.15, 0.2) is 0 Å². The molecule has 90 valence electrons. The average molecular weight is 230 g/mol. The summed E-state index contributed by atoms with van der Waals surface area (Å²) < 4.78 is 0. The summed E-state index contributed by atoms with van der Waals surface area (Å²) in [6.07, 6.45) is 3.31. The van der Waals surface area contributed by atoms with Crippen LogP contribution in [0.25, 0.3) is 10.9 Å². The fourth-order valence-electron chi connectivity index (χ4n) is 2.27. The largest absolute Gasteiger partial charge is 0.384 e. The topological polar surface area (TPSA) is 59.1 Å². The molecule has 0 spiro atoms. The van der Waals surface area contributed by atoms with Crippen LogP contribution in [0.4, 0.5) is 0 Å². The zero-order valence-corrected chi connectivity index (χ0v) is 10.1. The second-order valence-electron chi connectivity index (χ2n) is 4.36. The quantitative estimate of drug-likeness (QED) is 0.846. The molecule has 0 aliphatic carbocycles. The van der Waals surface area contributed by atoms with Gasteiger partial charge in [-0.2, -0.15) is 0 Å². The maximum absolute atomic E-state index is 10.6. The zero-order chi connectivity index (χ0) is 12.3. The number of hydrogen-bond acceptors (Lipinski definition) is 3. The zero-order valence-electron chi connectivity index (χ0n) is 10.1. The van der Waals surface area contributed by atoms with Crippen molar-refractivity contribution in [3.8, 4) is 0 Å². The Morgan fingerprint density at radius 3 is 2.82 bits per heavy atom. The van der Waals surface area contributed by atoms with Crippen LogP contribution in [0.2, 0.25) is 0 Å². The van der Waals surface area contributed by atoms with Gasteiger partial charge in [0.2, 0.25) is 0 Å². The number of benzene rings is 1. The summed E-state index contributed by atoms with van der Waals surface area (Å²) in [6.45, 7) is 2.28. The van der Waals surface area contributed by atoms with Gasteiger partial charge in [0.1, 0.15) is 5.60 Å². The third-order valence-corrected chi connectivity index (χ3v) is 3.15. The standard InChI is InChI=1S/C14H18N2O/c1-2-8-14(17,10-15)12-6-3-7-13-11(12)5-4-9-16-13/h3-7,9,17H,2,8,10,15H2,1H3. The Morgan fingerprint density at radius 2 is 2.12 bits per heavy atom. The number of aliphatic hydroxyl groups is 1. The van der Waals surface area contributed by atoms with Gasteiger partial charge < -0.3 is 10.8 Å². The summed E-state index contributed by atoms with van der Waals surface area (Å²) in [4.78, 5) is 4.30. The number of nitrogens with two attached hydrogens (primary N) is 1. The molecule has 1 unspecified atom stereocenters. The van der Waals surface area contributed by atoms with Gasteiger partial charge in [0, 0.05) is 18.1 Å². The van der Waals surface area contributed by atoms with Gasteiger partial charge >= 0.3 is 0 Å². The molecule has 3 N–H and O–H groups in total. The Morgan fingerprint density at radius 1 is 1.29 bits per heavy atom. The predicted molar refractivity (Wildman–Crippen MR) is 69.6 cm³/mol. The van der Waals surface area contributed by atoms with Crippen LogP contribution in [0.5, 0.6) is 0 Å². The van der Waals surface area contributed by atoms with E-state index in [0.29, 0.717) is 6.42 Å². The summed E-state index contributed by atoms with van der Waals surface area (Å²) in [5.41, 5.74) is 6.58. The molecule has 0 amide bonds. The number of fused-ring (bicyclic) bond motifs is 1.